The third kappa shape index (κ3) is 3.85. The fraction of sp³-hybridized carbons (Fsp3) is 0.385. The average Bonchev–Trinajstić information content (AvgIpc) is 2.29. The summed E-state index contributed by atoms with van der Waals surface area (Å²) in [5.74, 6) is -2.51. The van der Waals surface area contributed by atoms with Gasteiger partial charge in [0.15, 0.2) is 11.2 Å². The molecule has 0 unspecified atom stereocenters. The number of aliphatic hydroxyl groups is 1. The number of thioether (sulfide) groups is 1. The maximum Gasteiger partial charge on any atom is 0.333 e. The molecule has 0 saturated heterocycles. The molecule has 0 amide bonds. The highest BCUT2D eigenvalue weighted by Crippen LogP contribution is 2.28. The van der Waals surface area contributed by atoms with Crippen LogP contribution in [0.25, 0.3) is 0 Å². The summed E-state index contributed by atoms with van der Waals surface area (Å²) in [5.41, 5.74) is 0. The van der Waals surface area contributed by atoms with Crippen molar-refractivity contribution in [1.29, 1.82) is 0 Å². The molecule has 18 heavy (non-hydrogen) atoms. The lowest BCUT2D eigenvalue weighted by molar-refractivity contribution is -0.152. The lowest BCUT2D eigenvalue weighted by Crippen LogP contribution is -2.37. The number of carboxylic acids is 1. The number of hydrogen-bond acceptors (Lipinski definition) is 4. The zero-order valence-electron chi connectivity index (χ0n) is 10.2. The van der Waals surface area contributed by atoms with Crippen LogP contribution in [0.1, 0.15) is 13.8 Å². The van der Waals surface area contributed by atoms with Crippen LogP contribution >= 0.6 is 11.8 Å². The molecule has 0 aromatic heterocycles. The molecule has 0 spiro atoms. The quantitative estimate of drug-likeness (QED) is 0.799. The van der Waals surface area contributed by atoms with Crippen LogP contribution in [0.4, 0.5) is 0 Å². The standard InChI is InChI=1S/C13H16O4S/c1-8(2)10(11(14)12(15)16)13(17)18-9-6-4-3-5-7-9/h3-8,10-11,14H,1-2H3,(H,15,16)/t10-,11+/m0/s1. The highest BCUT2D eigenvalue weighted by atomic mass is 32.2. The molecule has 1 aromatic carbocycles. The molecule has 1 aromatic rings. The van der Waals surface area contributed by atoms with Crippen molar-refractivity contribution < 1.29 is 19.8 Å². The van der Waals surface area contributed by atoms with E-state index in [1.165, 1.54) is 0 Å². The Balaban J connectivity index is 2.81. The van der Waals surface area contributed by atoms with Gasteiger partial charge in [-0.3, -0.25) is 4.79 Å². The van der Waals surface area contributed by atoms with Gasteiger partial charge in [0.2, 0.25) is 0 Å². The van der Waals surface area contributed by atoms with E-state index < -0.39 is 18.0 Å². The van der Waals surface area contributed by atoms with Gasteiger partial charge in [0.25, 0.3) is 0 Å². The first kappa shape index (κ1) is 14.7. The van der Waals surface area contributed by atoms with Gasteiger partial charge < -0.3 is 10.2 Å². The van der Waals surface area contributed by atoms with E-state index in [2.05, 4.69) is 0 Å². The summed E-state index contributed by atoms with van der Waals surface area (Å²) in [4.78, 5) is 23.6. The molecular weight excluding hydrogens is 252 g/mol. The van der Waals surface area contributed by atoms with Crippen LogP contribution in [0.5, 0.6) is 0 Å². The topological polar surface area (TPSA) is 74.6 Å². The molecule has 0 fully saturated rings. The molecule has 0 heterocycles. The number of hydrogen-bond donors (Lipinski definition) is 2. The number of carbonyl (C=O) groups excluding carboxylic acids is 1. The summed E-state index contributed by atoms with van der Waals surface area (Å²) in [5, 5.41) is 18.0. The van der Waals surface area contributed by atoms with Gasteiger partial charge in [-0.25, -0.2) is 4.79 Å². The van der Waals surface area contributed by atoms with Crippen molar-refractivity contribution in [1.82, 2.24) is 0 Å². The second kappa shape index (κ2) is 6.56. The Kier molecular flexibility index (Phi) is 5.37. The van der Waals surface area contributed by atoms with Crippen LogP contribution in [0, 0.1) is 11.8 Å². The second-order valence-electron chi connectivity index (χ2n) is 4.29. The maximum atomic E-state index is 12.0. The van der Waals surface area contributed by atoms with E-state index in [4.69, 9.17) is 5.11 Å². The molecule has 0 bridgehead atoms. The molecule has 2 atom stereocenters. The van der Waals surface area contributed by atoms with Gasteiger partial charge in [-0.1, -0.05) is 43.8 Å². The van der Waals surface area contributed by atoms with Crippen LogP contribution in [-0.2, 0) is 9.59 Å². The highest BCUT2D eigenvalue weighted by Gasteiger charge is 2.34. The number of carboxylic acid groups (broad SMARTS) is 1. The third-order valence-corrected chi connectivity index (χ3v) is 3.53. The van der Waals surface area contributed by atoms with Crippen molar-refractivity contribution in [2.75, 3.05) is 0 Å². The summed E-state index contributed by atoms with van der Waals surface area (Å²) in [6.45, 7) is 3.44. The summed E-state index contributed by atoms with van der Waals surface area (Å²) in [6.07, 6.45) is -1.66. The zero-order valence-corrected chi connectivity index (χ0v) is 11.1. The lowest BCUT2D eigenvalue weighted by Gasteiger charge is -2.21. The summed E-state index contributed by atoms with van der Waals surface area (Å²) in [6, 6.07) is 8.97. The van der Waals surface area contributed by atoms with Crippen molar-refractivity contribution in [3.8, 4) is 0 Å². The molecule has 0 aliphatic heterocycles. The first-order valence-electron chi connectivity index (χ1n) is 5.61. The van der Waals surface area contributed by atoms with Gasteiger partial charge in [0.1, 0.15) is 0 Å². The van der Waals surface area contributed by atoms with Crippen molar-refractivity contribution in [2.45, 2.75) is 24.8 Å². The highest BCUT2D eigenvalue weighted by molar-refractivity contribution is 8.13. The first-order chi connectivity index (χ1) is 8.43. The molecule has 0 aliphatic carbocycles. The summed E-state index contributed by atoms with van der Waals surface area (Å²) < 4.78 is 0. The smallest absolute Gasteiger partial charge is 0.333 e. The molecule has 1 rings (SSSR count). The Hall–Kier alpha value is -1.33. The van der Waals surface area contributed by atoms with E-state index in [0.29, 0.717) is 0 Å². The SMILES string of the molecule is CC(C)[C@H](C(=O)Sc1ccccc1)[C@@H](O)C(=O)O. The van der Waals surface area contributed by atoms with E-state index >= 15 is 0 Å². The molecule has 0 saturated carbocycles. The van der Waals surface area contributed by atoms with E-state index in [1.54, 1.807) is 38.1 Å². The van der Waals surface area contributed by atoms with Crippen LogP contribution in [-0.4, -0.2) is 27.4 Å². The number of aliphatic hydroxyl groups excluding tert-OH is 1. The van der Waals surface area contributed by atoms with Crippen LogP contribution in [0.15, 0.2) is 35.2 Å². The zero-order chi connectivity index (χ0) is 13.7. The lowest BCUT2D eigenvalue weighted by atomic mass is 9.91. The fourth-order valence-corrected chi connectivity index (χ4v) is 2.65. The number of rotatable bonds is 5. The predicted octanol–water partition coefficient (Wildman–Crippen LogP) is 2.02. The van der Waals surface area contributed by atoms with Crippen molar-refractivity contribution >= 4 is 22.8 Å². The largest absolute Gasteiger partial charge is 0.479 e. The summed E-state index contributed by atoms with van der Waals surface area (Å²) >= 11 is 0.964. The van der Waals surface area contributed by atoms with E-state index in [1.807, 2.05) is 6.07 Å². The minimum Gasteiger partial charge on any atom is -0.479 e. The number of carbonyl (C=O) groups is 2. The van der Waals surface area contributed by atoms with Crippen LogP contribution in [0.3, 0.4) is 0 Å². The minimum atomic E-state index is -1.66. The Morgan fingerprint density at radius 3 is 2.17 bits per heavy atom. The second-order valence-corrected chi connectivity index (χ2v) is 5.36. The minimum absolute atomic E-state index is 0.236. The fourth-order valence-electron chi connectivity index (χ4n) is 1.59. The van der Waals surface area contributed by atoms with Gasteiger partial charge >= 0.3 is 5.97 Å². The van der Waals surface area contributed by atoms with Gasteiger partial charge in [-0.15, -0.1) is 0 Å². The predicted molar refractivity (Wildman–Crippen MR) is 69.3 cm³/mol. The van der Waals surface area contributed by atoms with Gasteiger partial charge in [-0.05, 0) is 18.1 Å². The Morgan fingerprint density at radius 2 is 1.72 bits per heavy atom. The number of benzene rings is 1. The van der Waals surface area contributed by atoms with Crippen molar-refractivity contribution in [3.63, 3.8) is 0 Å². The Bertz CT molecular complexity index is 416. The Labute approximate surface area is 110 Å². The molecule has 2 N–H and O–H groups in total. The molecular formula is C13H16O4S. The summed E-state index contributed by atoms with van der Waals surface area (Å²) in [7, 11) is 0. The van der Waals surface area contributed by atoms with Crippen LogP contribution in [0.2, 0.25) is 0 Å². The first-order valence-corrected chi connectivity index (χ1v) is 6.42. The van der Waals surface area contributed by atoms with E-state index in [0.717, 1.165) is 16.7 Å². The van der Waals surface area contributed by atoms with E-state index in [9.17, 15) is 14.7 Å². The van der Waals surface area contributed by atoms with Crippen LogP contribution < -0.4 is 0 Å². The monoisotopic (exact) mass is 268 g/mol. The maximum absolute atomic E-state index is 12.0. The molecule has 0 aliphatic rings. The van der Waals surface area contributed by atoms with Gasteiger partial charge in [-0.2, -0.15) is 0 Å². The Morgan fingerprint density at radius 1 is 1.17 bits per heavy atom. The van der Waals surface area contributed by atoms with Gasteiger partial charge in [0.05, 0.1) is 5.92 Å². The van der Waals surface area contributed by atoms with E-state index in [-0.39, 0.29) is 11.0 Å². The number of aliphatic carboxylic acids is 1. The molecule has 98 valence electrons. The van der Waals surface area contributed by atoms with Crippen molar-refractivity contribution in [2.24, 2.45) is 11.8 Å². The molecule has 5 heteroatoms. The third-order valence-electron chi connectivity index (χ3n) is 2.55. The van der Waals surface area contributed by atoms with Crippen molar-refractivity contribution in [3.05, 3.63) is 30.3 Å². The molecule has 4 nitrogen and oxygen atoms in total. The van der Waals surface area contributed by atoms with Gasteiger partial charge in [0, 0.05) is 4.90 Å². The normalized spacial score (nSPS) is 14.2. The molecule has 0 radical (unpaired) electrons. The average molecular weight is 268 g/mol.